The molecule has 0 aliphatic carbocycles. The Labute approximate surface area is 192 Å². The Balaban J connectivity index is 1.50. The van der Waals surface area contributed by atoms with Gasteiger partial charge in [-0.1, -0.05) is 26.0 Å². The average Bonchev–Trinajstić information content (AvgIpc) is 2.79. The Hall–Kier alpha value is -2.19. The monoisotopic (exact) mass is 457 g/mol. The number of piperazine rings is 1. The van der Waals surface area contributed by atoms with Crippen molar-refractivity contribution in [2.45, 2.75) is 57.8 Å². The van der Waals surface area contributed by atoms with Gasteiger partial charge in [-0.2, -0.15) is 9.29 Å². The highest BCUT2D eigenvalue weighted by Gasteiger charge is 2.31. The molecule has 7 nitrogen and oxygen atoms in total. The molecule has 0 amide bonds. The SMILES string of the molecule is Cc1cc(N2CCCCC2)nc(N2CCN(S(=O)(=O)c3cc(C(C)C)ccc3C)CC2)n1. The Bertz CT molecular complexity index is 1060. The third-order valence-corrected chi connectivity index (χ3v) is 8.57. The predicted molar refractivity (Wildman–Crippen MR) is 129 cm³/mol. The predicted octanol–water partition coefficient (Wildman–Crippen LogP) is 3.72. The lowest BCUT2D eigenvalue weighted by Gasteiger charge is -2.35. The molecule has 8 heteroatoms. The maximum Gasteiger partial charge on any atom is 0.243 e. The molecule has 0 saturated carbocycles. The van der Waals surface area contributed by atoms with Crippen molar-refractivity contribution in [1.29, 1.82) is 0 Å². The van der Waals surface area contributed by atoms with Gasteiger partial charge in [-0.3, -0.25) is 0 Å². The van der Waals surface area contributed by atoms with Gasteiger partial charge in [0.05, 0.1) is 4.90 Å². The van der Waals surface area contributed by atoms with Gasteiger partial charge in [0.15, 0.2) is 0 Å². The summed E-state index contributed by atoms with van der Waals surface area (Å²) in [5.41, 5.74) is 2.79. The van der Waals surface area contributed by atoms with Crippen molar-refractivity contribution >= 4 is 21.8 Å². The van der Waals surface area contributed by atoms with E-state index in [1.165, 1.54) is 19.3 Å². The van der Waals surface area contributed by atoms with Crippen LogP contribution in [0.25, 0.3) is 0 Å². The van der Waals surface area contributed by atoms with Gasteiger partial charge in [0.2, 0.25) is 16.0 Å². The Morgan fingerprint density at radius 2 is 1.53 bits per heavy atom. The molecule has 0 N–H and O–H groups in total. The Morgan fingerprint density at radius 3 is 2.19 bits per heavy atom. The second kappa shape index (κ2) is 9.35. The zero-order valence-electron chi connectivity index (χ0n) is 19.7. The van der Waals surface area contributed by atoms with Crippen LogP contribution in [-0.2, 0) is 10.0 Å². The summed E-state index contributed by atoms with van der Waals surface area (Å²) in [5.74, 6) is 1.98. The molecule has 174 valence electrons. The van der Waals surface area contributed by atoms with E-state index in [1.54, 1.807) is 4.31 Å². The number of sulfonamides is 1. The normalized spacial score (nSPS) is 18.4. The van der Waals surface area contributed by atoms with Crippen LogP contribution in [0.2, 0.25) is 0 Å². The number of hydrogen-bond donors (Lipinski definition) is 0. The summed E-state index contributed by atoms with van der Waals surface area (Å²) >= 11 is 0. The van der Waals surface area contributed by atoms with Crippen molar-refractivity contribution in [3.05, 3.63) is 41.1 Å². The number of anilines is 2. The lowest BCUT2D eigenvalue weighted by atomic mass is 10.0. The summed E-state index contributed by atoms with van der Waals surface area (Å²) in [4.78, 5) is 14.4. The summed E-state index contributed by atoms with van der Waals surface area (Å²) in [7, 11) is -3.53. The van der Waals surface area contributed by atoms with Gasteiger partial charge < -0.3 is 9.80 Å². The van der Waals surface area contributed by atoms with Gasteiger partial charge in [-0.25, -0.2) is 13.4 Å². The fraction of sp³-hybridized carbons (Fsp3) is 0.583. The molecule has 0 unspecified atom stereocenters. The second-order valence-corrected chi connectivity index (χ2v) is 11.2. The van der Waals surface area contributed by atoms with Crippen molar-refractivity contribution < 1.29 is 8.42 Å². The summed E-state index contributed by atoms with van der Waals surface area (Å²) in [5, 5.41) is 0. The molecule has 0 bridgehead atoms. The lowest BCUT2D eigenvalue weighted by molar-refractivity contribution is 0.382. The summed E-state index contributed by atoms with van der Waals surface area (Å²) in [6.45, 7) is 12.2. The van der Waals surface area contributed by atoms with E-state index in [-0.39, 0.29) is 5.92 Å². The third kappa shape index (κ3) is 4.76. The first-order chi connectivity index (χ1) is 15.3. The number of nitrogens with zero attached hydrogens (tertiary/aromatic N) is 5. The van der Waals surface area contributed by atoms with Gasteiger partial charge in [-0.15, -0.1) is 0 Å². The highest BCUT2D eigenvalue weighted by atomic mass is 32.2. The first-order valence-corrected chi connectivity index (χ1v) is 13.2. The van der Waals surface area contributed by atoms with Crippen LogP contribution in [0.1, 0.15) is 55.8 Å². The Morgan fingerprint density at radius 1 is 0.844 bits per heavy atom. The van der Waals surface area contributed by atoms with Crippen LogP contribution in [0, 0.1) is 13.8 Å². The van der Waals surface area contributed by atoms with E-state index in [9.17, 15) is 8.42 Å². The number of aryl methyl sites for hydroxylation is 2. The number of piperidine rings is 1. The highest BCUT2D eigenvalue weighted by molar-refractivity contribution is 7.89. The van der Waals surface area contributed by atoms with E-state index in [2.05, 4.69) is 34.7 Å². The molecule has 0 radical (unpaired) electrons. The van der Waals surface area contributed by atoms with E-state index in [1.807, 2.05) is 32.0 Å². The van der Waals surface area contributed by atoms with Gasteiger partial charge in [-0.05, 0) is 56.2 Å². The largest absolute Gasteiger partial charge is 0.356 e. The maximum absolute atomic E-state index is 13.4. The number of hydrogen-bond acceptors (Lipinski definition) is 6. The highest BCUT2D eigenvalue weighted by Crippen LogP contribution is 2.27. The van der Waals surface area contributed by atoms with Crippen LogP contribution in [0.15, 0.2) is 29.2 Å². The quantitative estimate of drug-likeness (QED) is 0.682. The summed E-state index contributed by atoms with van der Waals surface area (Å²) < 4.78 is 28.4. The van der Waals surface area contributed by atoms with E-state index < -0.39 is 10.0 Å². The maximum atomic E-state index is 13.4. The van der Waals surface area contributed by atoms with Crippen molar-refractivity contribution in [3.8, 4) is 0 Å². The zero-order valence-corrected chi connectivity index (χ0v) is 20.5. The van der Waals surface area contributed by atoms with Crippen LogP contribution in [0.5, 0.6) is 0 Å². The van der Waals surface area contributed by atoms with Gasteiger partial charge in [0.1, 0.15) is 5.82 Å². The topological polar surface area (TPSA) is 69.6 Å². The van der Waals surface area contributed by atoms with Crippen LogP contribution >= 0.6 is 0 Å². The molecule has 2 aromatic rings. The van der Waals surface area contributed by atoms with Crippen LogP contribution in [0.3, 0.4) is 0 Å². The smallest absolute Gasteiger partial charge is 0.243 e. The van der Waals surface area contributed by atoms with E-state index >= 15 is 0 Å². The van der Waals surface area contributed by atoms with Crippen LogP contribution in [-0.4, -0.2) is 62.0 Å². The van der Waals surface area contributed by atoms with E-state index in [0.717, 1.165) is 35.7 Å². The number of aromatic nitrogens is 2. The number of benzene rings is 1. The first-order valence-electron chi connectivity index (χ1n) is 11.7. The zero-order chi connectivity index (χ0) is 22.9. The van der Waals surface area contributed by atoms with Crippen molar-refractivity contribution in [2.75, 3.05) is 49.1 Å². The molecule has 2 aliphatic heterocycles. The first kappa shape index (κ1) is 23.0. The molecule has 0 atom stereocenters. The minimum absolute atomic E-state index is 0.286. The fourth-order valence-corrected chi connectivity index (χ4v) is 6.17. The molecule has 1 aromatic heterocycles. The van der Waals surface area contributed by atoms with E-state index in [4.69, 9.17) is 4.98 Å². The molecule has 2 saturated heterocycles. The number of rotatable bonds is 5. The second-order valence-electron chi connectivity index (χ2n) is 9.29. The molecule has 1 aromatic carbocycles. The van der Waals surface area contributed by atoms with Crippen molar-refractivity contribution in [3.63, 3.8) is 0 Å². The van der Waals surface area contributed by atoms with E-state index in [0.29, 0.717) is 37.0 Å². The average molecular weight is 458 g/mol. The van der Waals surface area contributed by atoms with Crippen LogP contribution in [0.4, 0.5) is 11.8 Å². The standard InChI is InChI=1S/C24H35N5O2S/c1-18(2)21-9-8-19(3)22(17-21)32(30,31)29-14-12-28(13-15-29)24-25-20(4)16-23(26-24)27-10-6-5-7-11-27/h8-9,16-18H,5-7,10-15H2,1-4H3. The van der Waals surface area contributed by atoms with Gasteiger partial charge >= 0.3 is 0 Å². The fourth-order valence-electron chi connectivity index (χ4n) is 4.48. The molecule has 2 aliphatic rings. The van der Waals surface area contributed by atoms with Crippen LogP contribution < -0.4 is 9.80 Å². The van der Waals surface area contributed by atoms with Gasteiger partial charge in [0.25, 0.3) is 0 Å². The molecular formula is C24H35N5O2S. The molecule has 3 heterocycles. The molecular weight excluding hydrogens is 422 g/mol. The molecule has 0 spiro atoms. The molecule has 32 heavy (non-hydrogen) atoms. The molecule has 2 fully saturated rings. The third-order valence-electron chi connectivity index (χ3n) is 6.53. The van der Waals surface area contributed by atoms with Crippen molar-refractivity contribution in [2.24, 2.45) is 0 Å². The minimum atomic E-state index is -3.53. The Kier molecular flexibility index (Phi) is 6.72. The summed E-state index contributed by atoms with van der Waals surface area (Å²) in [6.07, 6.45) is 3.68. The van der Waals surface area contributed by atoms with Gasteiger partial charge in [0, 0.05) is 51.0 Å². The lowest BCUT2D eigenvalue weighted by Crippen LogP contribution is -2.49. The summed E-state index contributed by atoms with van der Waals surface area (Å²) in [6, 6.07) is 7.84. The molecule has 4 rings (SSSR count). The van der Waals surface area contributed by atoms with Crippen molar-refractivity contribution in [1.82, 2.24) is 14.3 Å². The minimum Gasteiger partial charge on any atom is -0.356 e.